The molecule has 2 aliphatic rings. The molecular formula is C9H17NOS. The van der Waals surface area contributed by atoms with Gasteiger partial charge in [-0.05, 0) is 30.3 Å². The van der Waals surface area contributed by atoms with E-state index in [0.717, 1.165) is 19.0 Å². The number of hydrogen-bond acceptors (Lipinski definition) is 3. The molecule has 2 rings (SSSR count). The molecule has 3 heteroatoms. The number of rotatable bonds is 1. The molecule has 2 heterocycles. The maximum atomic E-state index is 9.67. The lowest BCUT2D eigenvalue weighted by molar-refractivity contribution is 0.115. The molecular weight excluding hydrogens is 170 g/mol. The number of aliphatic hydroxyl groups excluding tert-OH is 1. The van der Waals surface area contributed by atoms with E-state index in [1.165, 1.54) is 24.3 Å². The van der Waals surface area contributed by atoms with Gasteiger partial charge in [-0.1, -0.05) is 0 Å². The van der Waals surface area contributed by atoms with Crippen LogP contribution in [0.25, 0.3) is 0 Å². The summed E-state index contributed by atoms with van der Waals surface area (Å²) in [6.45, 7) is 1.85. The van der Waals surface area contributed by atoms with Gasteiger partial charge in [0.15, 0.2) is 0 Å². The van der Waals surface area contributed by atoms with E-state index in [9.17, 15) is 5.11 Å². The maximum absolute atomic E-state index is 9.67. The van der Waals surface area contributed by atoms with E-state index in [-0.39, 0.29) is 6.10 Å². The van der Waals surface area contributed by atoms with Crippen molar-refractivity contribution in [1.82, 2.24) is 5.32 Å². The molecule has 0 saturated carbocycles. The molecule has 3 atom stereocenters. The molecule has 3 unspecified atom stereocenters. The molecule has 70 valence electrons. The van der Waals surface area contributed by atoms with Crippen molar-refractivity contribution in [3.05, 3.63) is 0 Å². The van der Waals surface area contributed by atoms with Gasteiger partial charge >= 0.3 is 0 Å². The van der Waals surface area contributed by atoms with Gasteiger partial charge < -0.3 is 10.4 Å². The van der Waals surface area contributed by atoms with Crippen molar-refractivity contribution < 1.29 is 5.11 Å². The molecule has 0 aromatic carbocycles. The molecule has 2 aliphatic heterocycles. The van der Waals surface area contributed by atoms with Crippen LogP contribution in [0.5, 0.6) is 0 Å². The first-order valence-electron chi connectivity index (χ1n) is 4.84. The predicted octanol–water partition coefficient (Wildman–Crippen LogP) is 0.710. The Hall–Kier alpha value is 0.270. The topological polar surface area (TPSA) is 32.3 Å². The van der Waals surface area contributed by atoms with Crippen molar-refractivity contribution in [2.45, 2.75) is 18.9 Å². The minimum absolute atomic E-state index is 0.0753. The minimum Gasteiger partial charge on any atom is -0.391 e. The van der Waals surface area contributed by atoms with Gasteiger partial charge in [-0.3, -0.25) is 0 Å². The Morgan fingerprint density at radius 2 is 2.25 bits per heavy atom. The van der Waals surface area contributed by atoms with Crippen molar-refractivity contribution in [1.29, 1.82) is 0 Å². The van der Waals surface area contributed by atoms with Crippen molar-refractivity contribution in [3.63, 3.8) is 0 Å². The highest BCUT2D eigenvalue weighted by Crippen LogP contribution is 2.31. The summed E-state index contributed by atoms with van der Waals surface area (Å²) < 4.78 is 0. The molecule has 2 saturated heterocycles. The highest BCUT2D eigenvalue weighted by Gasteiger charge is 2.32. The lowest BCUT2D eigenvalue weighted by atomic mass is 9.87. The first kappa shape index (κ1) is 8.85. The molecule has 0 bridgehead atoms. The molecule has 12 heavy (non-hydrogen) atoms. The van der Waals surface area contributed by atoms with Gasteiger partial charge in [0.05, 0.1) is 6.10 Å². The summed E-state index contributed by atoms with van der Waals surface area (Å²) in [5.74, 6) is 3.91. The van der Waals surface area contributed by atoms with E-state index in [2.05, 4.69) is 17.1 Å². The zero-order chi connectivity index (χ0) is 8.39. The summed E-state index contributed by atoms with van der Waals surface area (Å²) >= 11 is 2.05. The Bertz CT molecular complexity index is 147. The Morgan fingerprint density at radius 1 is 1.33 bits per heavy atom. The Balaban J connectivity index is 1.89. The van der Waals surface area contributed by atoms with Crippen LogP contribution in [0.15, 0.2) is 0 Å². The number of thioether (sulfide) groups is 1. The average Bonchev–Trinajstić information content (AvgIpc) is 2.53. The third-order valence-corrected chi connectivity index (χ3v) is 4.27. The summed E-state index contributed by atoms with van der Waals surface area (Å²) in [4.78, 5) is 0. The summed E-state index contributed by atoms with van der Waals surface area (Å²) in [6.07, 6.45) is 2.60. The first-order valence-corrected chi connectivity index (χ1v) is 6.00. The summed E-state index contributed by atoms with van der Waals surface area (Å²) in [5, 5.41) is 12.9. The van der Waals surface area contributed by atoms with Gasteiger partial charge in [-0.25, -0.2) is 0 Å². The predicted molar refractivity (Wildman–Crippen MR) is 52.4 cm³/mol. The quantitative estimate of drug-likeness (QED) is 0.634. The first-order chi connectivity index (χ1) is 5.88. The second kappa shape index (κ2) is 3.99. The summed E-state index contributed by atoms with van der Waals surface area (Å²) in [5.41, 5.74) is 0. The standard InChI is InChI=1S/C9H17NOS/c11-9-5-10-4-8(9)7-2-1-3-12-6-7/h7-11H,1-6H2. The lowest BCUT2D eigenvalue weighted by Crippen LogP contribution is -2.29. The largest absolute Gasteiger partial charge is 0.391 e. The van der Waals surface area contributed by atoms with Crippen LogP contribution in [0.1, 0.15) is 12.8 Å². The normalized spacial score (nSPS) is 43.2. The van der Waals surface area contributed by atoms with Gasteiger partial charge in [0.25, 0.3) is 0 Å². The lowest BCUT2D eigenvalue weighted by Gasteiger charge is -2.28. The molecule has 0 amide bonds. The highest BCUT2D eigenvalue weighted by atomic mass is 32.2. The summed E-state index contributed by atoms with van der Waals surface area (Å²) in [6, 6.07) is 0. The second-order valence-corrected chi connectivity index (χ2v) is 5.02. The van der Waals surface area contributed by atoms with Crippen LogP contribution >= 0.6 is 11.8 Å². The number of nitrogens with one attached hydrogen (secondary N) is 1. The van der Waals surface area contributed by atoms with E-state index in [1.807, 2.05) is 0 Å². The van der Waals surface area contributed by atoms with Crippen LogP contribution in [0.4, 0.5) is 0 Å². The van der Waals surface area contributed by atoms with Crippen molar-refractivity contribution >= 4 is 11.8 Å². The molecule has 0 aromatic rings. The van der Waals surface area contributed by atoms with Gasteiger partial charge in [-0.15, -0.1) is 0 Å². The van der Waals surface area contributed by atoms with Gasteiger partial charge in [0.2, 0.25) is 0 Å². The molecule has 2 fully saturated rings. The SMILES string of the molecule is OC1CNCC1C1CCCSC1. The zero-order valence-electron chi connectivity index (χ0n) is 7.33. The van der Waals surface area contributed by atoms with Crippen LogP contribution in [-0.2, 0) is 0 Å². The number of aliphatic hydroxyl groups is 1. The van der Waals surface area contributed by atoms with E-state index < -0.39 is 0 Å². The van der Waals surface area contributed by atoms with Gasteiger partial charge in [-0.2, -0.15) is 11.8 Å². The van der Waals surface area contributed by atoms with Crippen LogP contribution < -0.4 is 5.32 Å². The third-order valence-electron chi connectivity index (χ3n) is 3.03. The van der Waals surface area contributed by atoms with E-state index in [1.54, 1.807) is 0 Å². The Labute approximate surface area is 78.1 Å². The van der Waals surface area contributed by atoms with E-state index in [0.29, 0.717) is 5.92 Å². The molecule has 2 N–H and O–H groups in total. The molecule has 0 aliphatic carbocycles. The Morgan fingerprint density at radius 3 is 2.83 bits per heavy atom. The molecule has 0 spiro atoms. The van der Waals surface area contributed by atoms with Crippen molar-refractivity contribution in [3.8, 4) is 0 Å². The minimum atomic E-state index is -0.0753. The van der Waals surface area contributed by atoms with Crippen LogP contribution in [0.3, 0.4) is 0 Å². The maximum Gasteiger partial charge on any atom is 0.0707 e. The van der Waals surface area contributed by atoms with Crippen molar-refractivity contribution in [2.75, 3.05) is 24.6 Å². The van der Waals surface area contributed by atoms with Gasteiger partial charge in [0, 0.05) is 19.0 Å². The van der Waals surface area contributed by atoms with E-state index in [4.69, 9.17) is 0 Å². The monoisotopic (exact) mass is 187 g/mol. The van der Waals surface area contributed by atoms with Crippen LogP contribution in [-0.4, -0.2) is 35.8 Å². The number of hydrogen-bond donors (Lipinski definition) is 2. The fourth-order valence-electron chi connectivity index (χ4n) is 2.27. The van der Waals surface area contributed by atoms with Gasteiger partial charge in [0.1, 0.15) is 0 Å². The fraction of sp³-hybridized carbons (Fsp3) is 1.00. The smallest absolute Gasteiger partial charge is 0.0707 e. The third kappa shape index (κ3) is 1.78. The highest BCUT2D eigenvalue weighted by molar-refractivity contribution is 7.99. The van der Waals surface area contributed by atoms with Crippen LogP contribution in [0, 0.1) is 11.8 Å². The Kier molecular flexibility index (Phi) is 2.94. The average molecular weight is 187 g/mol. The number of β-amino-alcohol motifs (C(OH)–C–C–N with tert-alkyl or cyclic N) is 1. The molecule has 2 nitrogen and oxygen atoms in total. The fourth-order valence-corrected chi connectivity index (χ4v) is 3.52. The molecule has 0 aromatic heterocycles. The van der Waals surface area contributed by atoms with Crippen molar-refractivity contribution in [2.24, 2.45) is 11.8 Å². The van der Waals surface area contributed by atoms with E-state index >= 15 is 0 Å². The molecule has 0 radical (unpaired) electrons. The van der Waals surface area contributed by atoms with Crippen LogP contribution in [0.2, 0.25) is 0 Å². The second-order valence-electron chi connectivity index (χ2n) is 3.87. The zero-order valence-corrected chi connectivity index (χ0v) is 8.15. The summed E-state index contributed by atoms with van der Waals surface area (Å²) in [7, 11) is 0.